The molecule has 0 saturated heterocycles. The number of nitrogens with one attached hydrogen (secondary N) is 2. The van der Waals surface area contributed by atoms with Gasteiger partial charge in [-0.15, -0.1) is 0 Å². The largest absolute Gasteiger partial charge is 0.480 e. The number of carbonyl (C=O) groups excluding carboxylic acids is 1. The fourth-order valence-corrected chi connectivity index (χ4v) is 3.88. The Morgan fingerprint density at radius 3 is 2.44 bits per heavy atom. The number of amides is 1. The molecule has 1 amide bonds. The van der Waals surface area contributed by atoms with Gasteiger partial charge in [-0.05, 0) is 74.7 Å². The van der Waals surface area contributed by atoms with E-state index in [1.807, 2.05) is 39.0 Å². The summed E-state index contributed by atoms with van der Waals surface area (Å²) in [6.07, 6.45) is 1.27. The predicted octanol–water partition coefficient (Wildman–Crippen LogP) is 4.00. The van der Waals surface area contributed by atoms with Crippen LogP contribution in [0.15, 0.2) is 59.6 Å². The number of anilines is 2. The van der Waals surface area contributed by atoms with Crippen molar-refractivity contribution in [1.82, 2.24) is 9.97 Å². The zero-order valence-corrected chi connectivity index (χ0v) is 19.2. The van der Waals surface area contributed by atoms with Crippen LogP contribution in [0.2, 0.25) is 0 Å². The highest BCUT2D eigenvalue weighted by Crippen LogP contribution is 2.22. The van der Waals surface area contributed by atoms with E-state index in [9.17, 15) is 13.2 Å². The first kappa shape index (κ1) is 23.2. The average molecular weight is 455 g/mol. The predicted molar refractivity (Wildman–Crippen MR) is 123 cm³/mol. The molecule has 0 fully saturated rings. The van der Waals surface area contributed by atoms with Gasteiger partial charge in [0.2, 0.25) is 5.95 Å². The van der Waals surface area contributed by atoms with Gasteiger partial charge < -0.3 is 10.1 Å². The summed E-state index contributed by atoms with van der Waals surface area (Å²) >= 11 is 0. The van der Waals surface area contributed by atoms with Gasteiger partial charge in [-0.3, -0.25) is 4.79 Å². The fourth-order valence-electron chi connectivity index (χ4n) is 2.93. The van der Waals surface area contributed by atoms with E-state index in [1.165, 1.54) is 30.5 Å². The SMILES string of the molecule is CC[C@@H](Oc1cc(C)ccc1C)C(=O)Nc1ccc(S(=O)(=O)Nc2nccc(C)n2)cc1. The van der Waals surface area contributed by atoms with Crippen LogP contribution in [0.3, 0.4) is 0 Å². The van der Waals surface area contributed by atoms with Crippen molar-refractivity contribution in [2.45, 2.75) is 45.1 Å². The molecule has 32 heavy (non-hydrogen) atoms. The molecule has 1 aromatic heterocycles. The summed E-state index contributed by atoms with van der Waals surface area (Å²) in [5.41, 5.74) is 3.09. The fraction of sp³-hybridized carbons (Fsp3) is 0.261. The van der Waals surface area contributed by atoms with Crippen molar-refractivity contribution in [3.63, 3.8) is 0 Å². The Hall–Kier alpha value is -3.46. The third kappa shape index (κ3) is 5.82. The molecule has 2 N–H and O–H groups in total. The summed E-state index contributed by atoms with van der Waals surface area (Å²) in [5.74, 6) is 0.352. The number of carbonyl (C=O) groups is 1. The molecular formula is C23H26N4O4S. The summed E-state index contributed by atoms with van der Waals surface area (Å²) in [5, 5.41) is 2.78. The first-order valence-corrected chi connectivity index (χ1v) is 11.6. The lowest BCUT2D eigenvalue weighted by Crippen LogP contribution is -2.32. The van der Waals surface area contributed by atoms with Crippen LogP contribution in [0.1, 0.15) is 30.2 Å². The van der Waals surface area contributed by atoms with E-state index in [1.54, 1.807) is 13.0 Å². The van der Waals surface area contributed by atoms with Gasteiger partial charge >= 0.3 is 0 Å². The third-order valence-corrected chi connectivity index (χ3v) is 6.07. The summed E-state index contributed by atoms with van der Waals surface area (Å²) < 4.78 is 33.4. The Bertz CT molecular complexity index is 1210. The van der Waals surface area contributed by atoms with Crippen molar-refractivity contribution in [3.05, 3.63) is 71.5 Å². The first-order chi connectivity index (χ1) is 15.2. The normalized spacial score (nSPS) is 12.1. The quantitative estimate of drug-likeness (QED) is 0.532. The van der Waals surface area contributed by atoms with Crippen molar-refractivity contribution >= 4 is 27.6 Å². The molecule has 168 valence electrons. The Labute approximate surface area is 188 Å². The Morgan fingerprint density at radius 1 is 1.06 bits per heavy atom. The van der Waals surface area contributed by atoms with Crippen LogP contribution < -0.4 is 14.8 Å². The molecule has 1 heterocycles. The molecule has 0 aliphatic carbocycles. The summed E-state index contributed by atoms with van der Waals surface area (Å²) in [6, 6.07) is 13.4. The molecule has 0 aliphatic rings. The van der Waals surface area contributed by atoms with Crippen molar-refractivity contribution in [2.24, 2.45) is 0 Å². The second-order valence-electron chi connectivity index (χ2n) is 7.42. The smallest absolute Gasteiger partial charge is 0.265 e. The number of aryl methyl sites for hydroxylation is 3. The second kappa shape index (κ2) is 9.78. The Morgan fingerprint density at radius 2 is 1.78 bits per heavy atom. The first-order valence-electron chi connectivity index (χ1n) is 10.1. The molecule has 8 nitrogen and oxygen atoms in total. The number of sulfonamides is 1. The van der Waals surface area contributed by atoms with E-state index in [2.05, 4.69) is 20.0 Å². The van der Waals surface area contributed by atoms with Gasteiger partial charge in [0.25, 0.3) is 15.9 Å². The Kier molecular flexibility index (Phi) is 7.09. The van der Waals surface area contributed by atoms with Crippen LogP contribution in [0.5, 0.6) is 5.75 Å². The van der Waals surface area contributed by atoms with Gasteiger partial charge in [0.05, 0.1) is 4.90 Å². The van der Waals surface area contributed by atoms with Crippen LogP contribution in [-0.2, 0) is 14.8 Å². The molecule has 0 saturated carbocycles. The number of rotatable bonds is 8. The van der Waals surface area contributed by atoms with E-state index in [4.69, 9.17) is 4.74 Å². The van der Waals surface area contributed by atoms with E-state index >= 15 is 0 Å². The molecule has 0 radical (unpaired) electrons. The summed E-state index contributed by atoms with van der Waals surface area (Å²) in [7, 11) is -3.86. The lowest BCUT2D eigenvalue weighted by molar-refractivity contribution is -0.122. The van der Waals surface area contributed by atoms with Crippen LogP contribution >= 0.6 is 0 Å². The molecule has 9 heteroatoms. The van der Waals surface area contributed by atoms with Gasteiger partial charge in [0, 0.05) is 17.6 Å². The van der Waals surface area contributed by atoms with Crippen LogP contribution in [-0.4, -0.2) is 30.4 Å². The Balaban J connectivity index is 1.68. The molecule has 1 atom stereocenters. The average Bonchev–Trinajstić information content (AvgIpc) is 2.74. The lowest BCUT2D eigenvalue weighted by atomic mass is 10.1. The zero-order valence-electron chi connectivity index (χ0n) is 18.4. The minimum Gasteiger partial charge on any atom is -0.480 e. The van der Waals surface area contributed by atoms with Gasteiger partial charge in [-0.2, -0.15) is 0 Å². The lowest BCUT2D eigenvalue weighted by Gasteiger charge is -2.19. The van der Waals surface area contributed by atoms with E-state index in [-0.39, 0.29) is 16.8 Å². The van der Waals surface area contributed by atoms with Crippen molar-refractivity contribution in [2.75, 3.05) is 10.0 Å². The van der Waals surface area contributed by atoms with E-state index < -0.39 is 16.1 Å². The topological polar surface area (TPSA) is 110 Å². The number of benzene rings is 2. The van der Waals surface area contributed by atoms with E-state index in [0.29, 0.717) is 23.6 Å². The molecule has 0 unspecified atom stereocenters. The molecule has 0 spiro atoms. The summed E-state index contributed by atoms with van der Waals surface area (Å²) in [6.45, 7) is 7.49. The van der Waals surface area contributed by atoms with Crippen molar-refractivity contribution in [1.29, 1.82) is 0 Å². The van der Waals surface area contributed by atoms with Crippen LogP contribution in [0.25, 0.3) is 0 Å². The minimum absolute atomic E-state index is 0.00300. The molecule has 0 aliphatic heterocycles. The number of aromatic nitrogens is 2. The zero-order chi connectivity index (χ0) is 23.3. The highest BCUT2D eigenvalue weighted by Gasteiger charge is 2.20. The monoisotopic (exact) mass is 454 g/mol. The molecule has 3 rings (SSSR count). The minimum atomic E-state index is -3.86. The van der Waals surface area contributed by atoms with Gasteiger partial charge in [0.15, 0.2) is 6.10 Å². The van der Waals surface area contributed by atoms with Gasteiger partial charge in [-0.1, -0.05) is 19.1 Å². The number of hydrogen-bond acceptors (Lipinski definition) is 6. The van der Waals surface area contributed by atoms with Crippen molar-refractivity contribution in [3.8, 4) is 5.75 Å². The number of ether oxygens (including phenoxy) is 1. The van der Waals surface area contributed by atoms with Crippen LogP contribution in [0.4, 0.5) is 11.6 Å². The maximum atomic E-state index is 12.7. The molecule has 0 bridgehead atoms. The maximum Gasteiger partial charge on any atom is 0.265 e. The maximum absolute atomic E-state index is 12.7. The highest BCUT2D eigenvalue weighted by molar-refractivity contribution is 7.92. The van der Waals surface area contributed by atoms with Gasteiger partial charge in [-0.25, -0.2) is 23.1 Å². The van der Waals surface area contributed by atoms with Gasteiger partial charge in [0.1, 0.15) is 5.75 Å². The molecule has 3 aromatic rings. The third-order valence-electron chi connectivity index (χ3n) is 4.73. The van der Waals surface area contributed by atoms with Crippen LogP contribution in [0, 0.1) is 20.8 Å². The molecule has 2 aromatic carbocycles. The number of nitrogens with zero attached hydrogens (tertiary/aromatic N) is 2. The highest BCUT2D eigenvalue weighted by atomic mass is 32.2. The van der Waals surface area contributed by atoms with E-state index in [0.717, 1.165) is 11.1 Å². The molecular weight excluding hydrogens is 428 g/mol. The number of hydrogen-bond donors (Lipinski definition) is 2. The second-order valence-corrected chi connectivity index (χ2v) is 9.11. The van der Waals surface area contributed by atoms with Crippen molar-refractivity contribution < 1.29 is 17.9 Å². The standard InChI is InChI=1S/C23H26N4O4S/c1-5-20(31-21-14-15(2)6-7-16(21)3)22(28)26-18-8-10-19(11-9-18)32(29,30)27-23-24-13-12-17(4)25-23/h6-14,20H,5H2,1-4H3,(H,26,28)(H,24,25,27)/t20-/m1/s1. The summed E-state index contributed by atoms with van der Waals surface area (Å²) in [4.78, 5) is 20.7.